The summed E-state index contributed by atoms with van der Waals surface area (Å²) in [5.74, 6) is 1.00. The van der Waals surface area contributed by atoms with E-state index in [2.05, 4.69) is 4.72 Å². The van der Waals surface area contributed by atoms with E-state index in [1.54, 1.807) is 31.4 Å². The average molecular weight is 415 g/mol. The van der Waals surface area contributed by atoms with Crippen LogP contribution in [0.25, 0.3) is 0 Å². The van der Waals surface area contributed by atoms with Gasteiger partial charge in [0, 0.05) is 24.7 Å². The summed E-state index contributed by atoms with van der Waals surface area (Å²) < 4.78 is 33.4. The van der Waals surface area contributed by atoms with Gasteiger partial charge in [0.25, 0.3) is 0 Å². The molecule has 1 saturated carbocycles. The average Bonchev–Trinajstić information content (AvgIpc) is 2.70. The minimum absolute atomic E-state index is 0.133. The monoisotopic (exact) mass is 414 g/mol. The predicted octanol–water partition coefficient (Wildman–Crippen LogP) is 3.25. The fourth-order valence-electron chi connectivity index (χ4n) is 3.89. The molecule has 7 heteroatoms. The van der Waals surface area contributed by atoms with Gasteiger partial charge in [-0.25, -0.2) is 13.1 Å². The molecule has 1 aliphatic carbocycles. The third-order valence-corrected chi connectivity index (χ3v) is 7.20. The summed E-state index contributed by atoms with van der Waals surface area (Å²) in [7, 11) is -2.07. The van der Waals surface area contributed by atoms with E-state index in [-0.39, 0.29) is 23.3 Å². The first-order chi connectivity index (χ1) is 14.0. The van der Waals surface area contributed by atoms with Gasteiger partial charge in [0.1, 0.15) is 5.75 Å². The molecule has 0 bridgehead atoms. The number of nitrogens with zero attached hydrogens (tertiary/aromatic N) is 1. The summed E-state index contributed by atoms with van der Waals surface area (Å²) in [5, 5.41) is 0. The zero-order chi connectivity index (χ0) is 20.4. The van der Waals surface area contributed by atoms with Crippen LogP contribution in [0.5, 0.6) is 5.75 Å². The molecular weight excluding hydrogens is 388 g/mol. The molecule has 0 spiro atoms. The summed E-state index contributed by atoms with van der Waals surface area (Å²) in [6, 6.07) is 12.4. The van der Waals surface area contributed by atoms with Crippen LogP contribution in [0, 0.1) is 5.92 Å². The largest absolute Gasteiger partial charge is 0.497 e. The molecule has 4 rings (SSSR count). The first kappa shape index (κ1) is 19.9. The maximum absolute atomic E-state index is 12.8. The second kappa shape index (κ2) is 8.16. The van der Waals surface area contributed by atoms with Crippen LogP contribution >= 0.6 is 0 Å². The van der Waals surface area contributed by atoms with Crippen molar-refractivity contribution < 1.29 is 17.9 Å². The van der Waals surface area contributed by atoms with Crippen molar-refractivity contribution in [1.29, 1.82) is 0 Å². The van der Waals surface area contributed by atoms with Gasteiger partial charge in [0.2, 0.25) is 15.9 Å². The van der Waals surface area contributed by atoms with Gasteiger partial charge in [-0.05, 0) is 67.1 Å². The van der Waals surface area contributed by atoms with Gasteiger partial charge in [0.15, 0.2) is 0 Å². The van der Waals surface area contributed by atoms with Gasteiger partial charge in [0.05, 0.1) is 12.0 Å². The molecule has 0 unspecified atom stereocenters. The summed E-state index contributed by atoms with van der Waals surface area (Å²) in [5.41, 5.74) is 2.61. The number of anilines is 1. The molecule has 154 valence electrons. The molecule has 2 aliphatic rings. The number of benzene rings is 2. The van der Waals surface area contributed by atoms with Gasteiger partial charge in [-0.3, -0.25) is 4.79 Å². The number of rotatable bonds is 6. The Labute approximate surface area is 171 Å². The van der Waals surface area contributed by atoms with Crippen molar-refractivity contribution in [3.05, 3.63) is 53.6 Å². The Morgan fingerprint density at radius 3 is 2.72 bits per heavy atom. The van der Waals surface area contributed by atoms with Crippen LogP contribution in [0.4, 0.5) is 5.69 Å². The fourth-order valence-corrected chi connectivity index (χ4v) is 4.96. The number of hydrogen-bond acceptors (Lipinski definition) is 4. The highest BCUT2D eigenvalue weighted by atomic mass is 32.2. The van der Waals surface area contributed by atoms with Crippen molar-refractivity contribution in [2.45, 2.75) is 43.5 Å². The molecule has 0 radical (unpaired) electrons. The lowest BCUT2D eigenvalue weighted by Crippen LogP contribution is -2.41. The van der Waals surface area contributed by atoms with E-state index in [0.29, 0.717) is 12.3 Å². The molecule has 2 aromatic carbocycles. The molecule has 0 atom stereocenters. The number of ether oxygens (including phenoxy) is 1. The molecule has 1 N–H and O–H groups in total. The molecule has 1 fully saturated rings. The van der Waals surface area contributed by atoms with Crippen molar-refractivity contribution in [3.8, 4) is 5.75 Å². The number of nitrogens with one attached hydrogen (secondary N) is 1. The number of sulfonamides is 1. The lowest BCUT2D eigenvalue weighted by molar-refractivity contribution is -0.124. The SMILES string of the molecule is COc1cccc(CNS(=O)(=O)c2ccc3c(c2)CCCN3C(=O)C2CCC2)c1. The standard InChI is InChI=1S/C22H26N2O4S/c1-28-19-9-2-5-16(13-19)15-23-29(26,27)20-10-11-21-18(14-20)8-4-12-24(21)22(25)17-6-3-7-17/h2,5,9-11,13-14,17,23H,3-4,6-8,12,15H2,1H3. The van der Waals surface area contributed by atoms with E-state index in [4.69, 9.17) is 4.74 Å². The van der Waals surface area contributed by atoms with E-state index < -0.39 is 10.0 Å². The normalized spacial score (nSPS) is 16.8. The van der Waals surface area contributed by atoms with Gasteiger partial charge in [-0.15, -0.1) is 0 Å². The van der Waals surface area contributed by atoms with Crippen molar-refractivity contribution in [3.63, 3.8) is 0 Å². The maximum atomic E-state index is 12.8. The Bertz CT molecular complexity index is 1020. The molecule has 1 heterocycles. The van der Waals surface area contributed by atoms with Crippen molar-refractivity contribution in [1.82, 2.24) is 4.72 Å². The lowest BCUT2D eigenvalue weighted by Gasteiger charge is -2.35. The number of methoxy groups -OCH3 is 1. The van der Waals surface area contributed by atoms with E-state index in [9.17, 15) is 13.2 Å². The highest BCUT2D eigenvalue weighted by Gasteiger charge is 2.32. The van der Waals surface area contributed by atoms with Crippen LogP contribution in [0.3, 0.4) is 0 Å². The zero-order valence-corrected chi connectivity index (χ0v) is 17.4. The maximum Gasteiger partial charge on any atom is 0.240 e. The number of aryl methyl sites for hydroxylation is 1. The number of fused-ring (bicyclic) bond motifs is 1. The van der Waals surface area contributed by atoms with E-state index >= 15 is 0 Å². The van der Waals surface area contributed by atoms with Crippen LogP contribution in [-0.2, 0) is 27.8 Å². The molecule has 6 nitrogen and oxygen atoms in total. The lowest BCUT2D eigenvalue weighted by atomic mass is 9.83. The first-order valence-electron chi connectivity index (χ1n) is 10.0. The molecule has 1 aliphatic heterocycles. The number of carbonyl (C=O) groups excluding carboxylic acids is 1. The Morgan fingerprint density at radius 1 is 1.17 bits per heavy atom. The van der Waals surface area contributed by atoms with Crippen LogP contribution in [0.2, 0.25) is 0 Å². The van der Waals surface area contributed by atoms with E-state index in [1.165, 1.54) is 0 Å². The quantitative estimate of drug-likeness (QED) is 0.787. The van der Waals surface area contributed by atoms with Crippen molar-refractivity contribution >= 4 is 21.6 Å². The van der Waals surface area contributed by atoms with Gasteiger partial charge in [-0.2, -0.15) is 0 Å². The Morgan fingerprint density at radius 2 is 2.00 bits per heavy atom. The summed E-state index contributed by atoms with van der Waals surface area (Å²) in [4.78, 5) is 14.8. The Kier molecular flexibility index (Phi) is 5.61. The minimum Gasteiger partial charge on any atom is -0.497 e. The van der Waals surface area contributed by atoms with Crippen molar-refractivity contribution in [2.75, 3.05) is 18.6 Å². The summed E-state index contributed by atoms with van der Waals surface area (Å²) in [6.07, 6.45) is 4.68. The molecular formula is C22H26N2O4S. The van der Waals surface area contributed by atoms with Crippen LogP contribution in [-0.4, -0.2) is 28.0 Å². The Balaban J connectivity index is 1.51. The summed E-state index contributed by atoms with van der Waals surface area (Å²) >= 11 is 0. The van der Waals surface area contributed by atoms with Gasteiger partial charge < -0.3 is 9.64 Å². The van der Waals surface area contributed by atoms with Crippen LogP contribution in [0.1, 0.15) is 36.8 Å². The number of amides is 1. The molecule has 0 aromatic heterocycles. The molecule has 29 heavy (non-hydrogen) atoms. The highest BCUT2D eigenvalue weighted by Crippen LogP contribution is 2.34. The topological polar surface area (TPSA) is 75.7 Å². The van der Waals surface area contributed by atoms with Crippen molar-refractivity contribution in [2.24, 2.45) is 5.92 Å². The third kappa shape index (κ3) is 4.16. The van der Waals surface area contributed by atoms with E-state index in [0.717, 1.165) is 48.9 Å². The molecule has 1 amide bonds. The highest BCUT2D eigenvalue weighted by molar-refractivity contribution is 7.89. The smallest absolute Gasteiger partial charge is 0.240 e. The first-order valence-corrected chi connectivity index (χ1v) is 11.5. The molecule has 0 saturated heterocycles. The minimum atomic E-state index is -3.65. The van der Waals surface area contributed by atoms with Gasteiger partial charge in [-0.1, -0.05) is 18.6 Å². The van der Waals surface area contributed by atoms with Gasteiger partial charge >= 0.3 is 0 Å². The predicted molar refractivity (Wildman–Crippen MR) is 111 cm³/mol. The zero-order valence-electron chi connectivity index (χ0n) is 16.6. The number of hydrogen-bond donors (Lipinski definition) is 1. The fraction of sp³-hybridized carbons (Fsp3) is 0.409. The Hall–Kier alpha value is -2.38. The third-order valence-electron chi connectivity index (χ3n) is 5.80. The second-order valence-corrected chi connectivity index (χ2v) is 9.45. The summed E-state index contributed by atoms with van der Waals surface area (Å²) in [6.45, 7) is 0.894. The number of carbonyl (C=O) groups is 1. The second-order valence-electron chi connectivity index (χ2n) is 7.69. The molecule has 2 aromatic rings. The van der Waals surface area contributed by atoms with E-state index in [1.807, 2.05) is 23.1 Å². The van der Waals surface area contributed by atoms with Crippen LogP contribution < -0.4 is 14.4 Å². The van der Waals surface area contributed by atoms with Crippen LogP contribution in [0.15, 0.2) is 47.4 Å².